The highest BCUT2D eigenvalue weighted by Gasteiger charge is 2.32. The van der Waals surface area contributed by atoms with Gasteiger partial charge in [0.25, 0.3) is 0 Å². The Morgan fingerprint density at radius 3 is 2.67 bits per heavy atom. The second kappa shape index (κ2) is 3.81. The van der Waals surface area contributed by atoms with Gasteiger partial charge in [0.15, 0.2) is 0 Å². The lowest BCUT2D eigenvalue weighted by Crippen LogP contribution is -1.99. The maximum atomic E-state index is 3.59. The Hall–Kier alpha value is 0.660. The molecule has 0 bridgehead atoms. The largest absolute Gasteiger partial charge is 0.133 e. The van der Waals surface area contributed by atoms with Gasteiger partial charge in [0.1, 0.15) is 0 Å². The average Bonchev–Trinajstić information content (AvgIpc) is 2.78. The van der Waals surface area contributed by atoms with Gasteiger partial charge in [-0.2, -0.15) is 0 Å². The van der Waals surface area contributed by atoms with Crippen LogP contribution in [0.1, 0.15) is 23.6 Å². The first kappa shape index (κ1) is 9.22. The number of hydrogen-bond donors (Lipinski definition) is 0. The molecular weight excluding hydrogens is 300 g/mol. The van der Waals surface area contributed by atoms with Crippen LogP contribution in [-0.2, 0) is 0 Å². The summed E-state index contributed by atoms with van der Waals surface area (Å²) < 4.78 is 1.25. The van der Waals surface area contributed by atoms with Crippen LogP contribution in [0.2, 0.25) is 0 Å². The summed E-state index contributed by atoms with van der Waals surface area (Å²) in [6.07, 6.45) is 2.84. The normalized spacial score (nSPS) is 19.5. The molecule has 1 aromatic rings. The van der Waals surface area contributed by atoms with E-state index in [-0.39, 0.29) is 0 Å². The fourth-order valence-electron chi connectivity index (χ4n) is 1.46. The molecule has 0 radical (unpaired) electrons. The van der Waals surface area contributed by atoms with Gasteiger partial charge in [-0.1, -0.05) is 15.9 Å². The molecule has 0 saturated heterocycles. The molecule has 1 saturated carbocycles. The Bertz CT molecular complexity index is 265. The highest BCUT2D eigenvalue weighted by molar-refractivity contribution is 9.11. The van der Waals surface area contributed by atoms with Gasteiger partial charge >= 0.3 is 0 Å². The number of alkyl halides is 1. The number of thiophene rings is 1. The molecule has 1 fully saturated rings. The first-order valence-corrected chi connectivity index (χ1v) is 6.85. The molecule has 12 heavy (non-hydrogen) atoms. The molecule has 1 aliphatic carbocycles. The lowest BCUT2D eigenvalue weighted by atomic mass is 10.1. The fourth-order valence-corrected chi connectivity index (χ4v) is 4.17. The molecule has 1 aliphatic rings. The lowest BCUT2D eigenvalue weighted by molar-refractivity contribution is 0.690. The van der Waals surface area contributed by atoms with Crippen LogP contribution in [0.15, 0.2) is 15.9 Å². The van der Waals surface area contributed by atoms with Crippen molar-refractivity contribution in [3.8, 4) is 0 Å². The summed E-state index contributed by atoms with van der Waals surface area (Å²) in [6, 6.07) is 4.40. The van der Waals surface area contributed by atoms with E-state index < -0.39 is 0 Å². The third-order valence-corrected chi connectivity index (χ3v) is 4.77. The van der Waals surface area contributed by atoms with E-state index in [0.717, 1.165) is 17.2 Å². The molecule has 1 atom stereocenters. The Morgan fingerprint density at radius 2 is 2.25 bits per heavy atom. The Balaban J connectivity index is 2.15. The van der Waals surface area contributed by atoms with Crippen LogP contribution < -0.4 is 0 Å². The van der Waals surface area contributed by atoms with E-state index in [1.54, 1.807) is 0 Å². The van der Waals surface area contributed by atoms with Gasteiger partial charge in [-0.15, -0.1) is 11.3 Å². The standard InChI is InChI=1S/C9H10Br2S/c10-5-7(6-1-2-6)8-3-4-9(11)12-8/h3-4,6-7H,1-2,5H2. The van der Waals surface area contributed by atoms with Crippen molar-refractivity contribution in [2.45, 2.75) is 18.8 Å². The SMILES string of the molecule is BrCC(c1ccc(Br)s1)C1CC1. The molecule has 0 N–H and O–H groups in total. The molecule has 3 heteroatoms. The topological polar surface area (TPSA) is 0 Å². The molecule has 2 rings (SSSR count). The Labute approximate surface area is 93.6 Å². The molecule has 0 nitrogen and oxygen atoms in total. The summed E-state index contributed by atoms with van der Waals surface area (Å²) in [6.45, 7) is 0. The van der Waals surface area contributed by atoms with Crippen LogP contribution in [0.25, 0.3) is 0 Å². The molecule has 1 unspecified atom stereocenters. The highest BCUT2D eigenvalue weighted by Crippen LogP contribution is 2.45. The maximum Gasteiger partial charge on any atom is 0.0701 e. The van der Waals surface area contributed by atoms with Crippen molar-refractivity contribution in [3.63, 3.8) is 0 Å². The second-order valence-corrected chi connectivity index (χ2v) is 6.38. The van der Waals surface area contributed by atoms with E-state index in [1.807, 2.05) is 11.3 Å². The fraction of sp³-hybridized carbons (Fsp3) is 0.556. The molecule has 66 valence electrons. The van der Waals surface area contributed by atoms with E-state index in [2.05, 4.69) is 44.0 Å². The molecule has 0 amide bonds. The van der Waals surface area contributed by atoms with E-state index >= 15 is 0 Å². The zero-order valence-electron chi connectivity index (χ0n) is 6.59. The van der Waals surface area contributed by atoms with Crippen LogP contribution in [0, 0.1) is 5.92 Å². The van der Waals surface area contributed by atoms with Crippen molar-refractivity contribution in [1.29, 1.82) is 0 Å². The lowest BCUT2D eigenvalue weighted by Gasteiger charge is -2.09. The maximum absolute atomic E-state index is 3.59. The van der Waals surface area contributed by atoms with Crippen LogP contribution in [0.5, 0.6) is 0 Å². The van der Waals surface area contributed by atoms with Crippen LogP contribution in [0.4, 0.5) is 0 Å². The predicted octanol–water partition coefficient (Wildman–Crippen LogP) is 4.40. The third-order valence-electron chi connectivity index (χ3n) is 2.32. The summed E-state index contributed by atoms with van der Waals surface area (Å²) in [5, 5.41) is 1.12. The molecule has 0 spiro atoms. The van der Waals surface area contributed by atoms with E-state index in [9.17, 15) is 0 Å². The minimum absolute atomic E-state index is 0.765. The van der Waals surface area contributed by atoms with Gasteiger partial charge in [0.2, 0.25) is 0 Å². The van der Waals surface area contributed by atoms with Crippen LogP contribution >= 0.6 is 43.2 Å². The zero-order chi connectivity index (χ0) is 8.55. The molecule has 0 aromatic carbocycles. The van der Waals surface area contributed by atoms with Gasteiger partial charge in [0.05, 0.1) is 3.79 Å². The van der Waals surface area contributed by atoms with Gasteiger partial charge < -0.3 is 0 Å². The summed E-state index contributed by atoms with van der Waals surface area (Å²) in [5.41, 5.74) is 0. The van der Waals surface area contributed by atoms with E-state index in [0.29, 0.717) is 0 Å². The predicted molar refractivity (Wildman–Crippen MR) is 61.3 cm³/mol. The van der Waals surface area contributed by atoms with E-state index in [4.69, 9.17) is 0 Å². The quantitative estimate of drug-likeness (QED) is 0.726. The molecule has 1 heterocycles. The number of rotatable bonds is 3. The van der Waals surface area contributed by atoms with Crippen molar-refractivity contribution in [2.75, 3.05) is 5.33 Å². The summed E-state index contributed by atoms with van der Waals surface area (Å²) >= 11 is 8.97. The van der Waals surface area contributed by atoms with Crippen LogP contribution in [0.3, 0.4) is 0 Å². The summed E-state index contributed by atoms with van der Waals surface area (Å²) in [5.74, 6) is 1.72. The number of hydrogen-bond acceptors (Lipinski definition) is 1. The van der Waals surface area contributed by atoms with Crippen molar-refractivity contribution in [1.82, 2.24) is 0 Å². The monoisotopic (exact) mass is 308 g/mol. The Kier molecular flexibility index (Phi) is 2.93. The van der Waals surface area contributed by atoms with Crippen molar-refractivity contribution in [2.24, 2.45) is 5.92 Å². The van der Waals surface area contributed by atoms with Crippen molar-refractivity contribution < 1.29 is 0 Å². The molecule has 1 aromatic heterocycles. The summed E-state index contributed by atoms with van der Waals surface area (Å²) in [4.78, 5) is 1.53. The summed E-state index contributed by atoms with van der Waals surface area (Å²) in [7, 11) is 0. The van der Waals surface area contributed by atoms with Crippen molar-refractivity contribution >= 4 is 43.2 Å². The Morgan fingerprint density at radius 1 is 1.50 bits per heavy atom. The van der Waals surface area contributed by atoms with Gasteiger partial charge in [-0.3, -0.25) is 0 Å². The molecular formula is C9H10Br2S. The highest BCUT2D eigenvalue weighted by atomic mass is 79.9. The first-order valence-electron chi connectivity index (χ1n) is 4.12. The van der Waals surface area contributed by atoms with E-state index in [1.165, 1.54) is 21.5 Å². The minimum atomic E-state index is 0.765. The van der Waals surface area contributed by atoms with Gasteiger partial charge in [-0.25, -0.2) is 0 Å². The van der Waals surface area contributed by atoms with Gasteiger partial charge in [-0.05, 0) is 46.8 Å². The van der Waals surface area contributed by atoms with Gasteiger partial charge in [0, 0.05) is 16.1 Å². The van der Waals surface area contributed by atoms with Crippen molar-refractivity contribution in [3.05, 3.63) is 20.8 Å². The first-order chi connectivity index (χ1) is 5.81. The third kappa shape index (κ3) is 1.94. The van der Waals surface area contributed by atoms with Crippen LogP contribution in [-0.4, -0.2) is 5.33 Å². The molecule has 0 aliphatic heterocycles. The number of halogens is 2. The zero-order valence-corrected chi connectivity index (χ0v) is 10.6. The average molecular weight is 310 g/mol. The smallest absolute Gasteiger partial charge is 0.0701 e. The minimum Gasteiger partial charge on any atom is -0.133 e. The second-order valence-electron chi connectivity index (χ2n) is 3.24.